The summed E-state index contributed by atoms with van der Waals surface area (Å²) in [6.07, 6.45) is 3.73. The summed E-state index contributed by atoms with van der Waals surface area (Å²) in [5.41, 5.74) is 3.96. The molecular weight excluding hydrogens is 484 g/mol. The molecule has 2 saturated heterocycles. The van der Waals surface area contributed by atoms with Gasteiger partial charge in [-0.2, -0.15) is 10.4 Å². The molecule has 0 unspecified atom stereocenters. The molecule has 0 radical (unpaired) electrons. The highest BCUT2D eigenvalue weighted by molar-refractivity contribution is 6.05. The molecule has 1 aromatic heterocycles. The third kappa shape index (κ3) is 4.66. The van der Waals surface area contributed by atoms with E-state index in [1.165, 1.54) is 0 Å². The van der Waals surface area contributed by atoms with Crippen molar-refractivity contribution in [2.24, 2.45) is 0 Å². The van der Waals surface area contributed by atoms with Crippen LogP contribution in [0.5, 0.6) is 11.5 Å². The van der Waals surface area contributed by atoms with Gasteiger partial charge in [0, 0.05) is 57.2 Å². The van der Waals surface area contributed by atoms with Crippen LogP contribution in [0, 0.1) is 18.3 Å². The lowest BCUT2D eigenvalue weighted by Gasteiger charge is -2.41. The Morgan fingerprint density at radius 1 is 1.05 bits per heavy atom. The zero-order chi connectivity index (χ0) is 26.1. The number of hydrogen-bond donors (Lipinski definition) is 1. The molecule has 0 bridgehead atoms. The highest BCUT2D eigenvalue weighted by Crippen LogP contribution is 2.34. The van der Waals surface area contributed by atoms with Crippen LogP contribution in [0.15, 0.2) is 42.6 Å². The van der Waals surface area contributed by atoms with Gasteiger partial charge in [0.15, 0.2) is 11.5 Å². The van der Waals surface area contributed by atoms with Crippen LogP contribution in [-0.4, -0.2) is 72.8 Å². The van der Waals surface area contributed by atoms with Gasteiger partial charge in [0.2, 0.25) is 6.79 Å². The first-order chi connectivity index (χ1) is 18.6. The minimum Gasteiger partial charge on any atom is -0.454 e. The molecule has 0 atom stereocenters. The Labute approximate surface area is 221 Å². The second kappa shape index (κ2) is 10.4. The van der Waals surface area contributed by atoms with Crippen molar-refractivity contribution in [1.29, 1.82) is 5.26 Å². The molecule has 0 saturated carbocycles. The van der Waals surface area contributed by atoms with E-state index in [1.54, 1.807) is 16.9 Å². The summed E-state index contributed by atoms with van der Waals surface area (Å²) in [5.74, 6) is 1.06. The Morgan fingerprint density at radius 2 is 1.84 bits per heavy atom. The molecule has 3 aromatic rings. The van der Waals surface area contributed by atoms with Gasteiger partial charge in [-0.25, -0.2) is 4.68 Å². The number of fused-ring (bicyclic) bond motifs is 1. The molecule has 3 aliphatic heterocycles. The molecular formula is C28H30N6O4. The Balaban J connectivity index is 1.13. The molecule has 2 aromatic carbocycles. The maximum Gasteiger partial charge on any atom is 0.259 e. The first kappa shape index (κ1) is 24.3. The van der Waals surface area contributed by atoms with E-state index in [0.29, 0.717) is 40.0 Å². The van der Waals surface area contributed by atoms with Crippen molar-refractivity contribution in [3.63, 3.8) is 0 Å². The monoisotopic (exact) mass is 514 g/mol. The fraction of sp³-hybridized carbons (Fsp3) is 0.393. The van der Waals surface area contributed by atoms with Crippen LogP contribution >= 0.6 is 0 Å². The average molecular weight is 515 g/mol. The zero-order valence-electron chi connectivity index (χ0n) is 21.4. The third-order valence-electron chi connectivity index (χ3n) is 7.59. The highest BCUT2D eigenvalue weighted by Gasteiger charge is 2.26. The first-order valence-electron chi connectivity index (χ1n) is 13.0. The number of piperazine rings is 1. The number of carbonyl (C=O) groups excluding carboxylic acids is 1. The van der Waals surface area contributed by atoms with Crippen molar-refractivity contribution in [2.75, 3.05) is 56.4 Å². The van der Waals surface area contributed by atoms with Gasteiger partial charge in [-0.1, -0.05) is 0 Å². The minimum atomic E-state index is -0.281. The fourth-order valence-corrected chi connectivity index (χ4v) is 5.47. The van der Waals surface area contributed by atoms with Crippen molar-refractivity contribution < 1.29 is 19.0 Å². The number of anilines is 2. The van der Waals surface area contributed by atoms with E-state index in [1.807, 2.05) is 37.3 Å². The van der Waals surface area contributed by atoms with Gasteiger partial charge in [-0.15, -0.1) is 0 Å². The van der Waals surface area contributed by atoms with Crippen LogP contribution in [0.4, 0.5) is 11.4 Å². The Hall–Kier alpha value is -4.07. The molecule has 196 valence electrons. The van der Waals surface area contributed by atoms with E-state index in [-0.39, 0.29) is 12.7 Å². The molecule has 38 heavy (non-hydrogen) atoms. The van der Waals surface area contributed by atoms with Gasteiger partial charge in [0.05, 0.1) is 34.4 Å². The van der Waals surface area contributed by atoms with Crippen molar-refractivity contribution in [1.82, 2.24) is 14.7 Å². The second-order valence-corrected chi connectivity index (χ2v) is 9.76. The van der Waals surface area contributed by atoms with E-state index in [4.69, 9.17) is 14.2 Å². The van der Waals surface area contributed by atoms with E-state index in [2.05, 4.69) is 26.3 Å². The quantitative estimate of drug-likeness (QED) is 0.553. The van der Waals surface area contributed by atoms with E-state index >= 15 is 0 Å². The standard InChI is InChI=1S/C28H30N6O4/c1-19-24(17-30-34(19)23-3-5-26-27(15-23)38-18-37-26)28(35)31-21-2-4-25(20(14-21)16-29)33-10-8-32(9-11-33)22-6-12-36-13-7-22/h2-5,14-15,17,22H,6-13,18H2,1H3,(H,31,35). The molecule has 2 fully saturated rings. The van der Waals surface area contributed by atoms with Crippen LogP contribution in [0.1, 0.15) is 34.5 Å². The summed E-state index contributed by atoms with van der Waals surface area (Å²) in [4.78, 5) is 17.9. The topological polar surface area (TPSA) is 105 Å². The third-order valence-corrected chi connectivity index (χ3v) is 7.59. The van der Waals surface area contributed by atoms with Gasteiger partial charge in [0.25, 0.3) is 5.91 Å². The van der Waals surface area contributed by atoms with Crippen LogP contribution in [0.3, 0.4) is 0 Å². The van der Waals surface area contributed by atoms with Crippen molar-refractivity contribution in [3.05, 3.63) is 59.4 Å². The molecule has 0 aliphatic carbocycles. The second-order valence-electron chi connectivity index (χ2n) is 9.76. The number of ether oxygens (including phenoxy) is 3. The molecule has 1 N–H and O–H groups in total. The van der Waals surface area contributed by atoms with Crippen LogP contribution in [-0.2, 0) is 4.74 Å². The first-order valence-corrected chi connectivity index (χ1v) is 13.0. The zero-order valence-corrected chi connectivity index (χ0v) is 21.4. The van der Waals surface area contributed by atoms with Crippen LogP contribution in [0.25, 0.3) is 5.69 Å². The summed E-state index contributed by atoms with van der Waals surface area (Å²) >= 11 is 0. The normalized spacial score (nSPS) is 17.8. The summed E-state index contributed by atoms with van der Waals surface area (Å²) in [6.45, 7) is 7.41. The summed E-state index contributed by atoms with van der Waals surface area (Å²) in [6, 6.07) is 14.0. The highest BCUT2D eigenvalue weighted by atomic mass is 16.7. The van der Waals surface area contributed by atoms with Crippen LogP contribution in [0.2, 0.25) is 0 Å². The number of amides is 1. The number of benzene rings is 2. The van der Waals surface area contributed by atoms with Crippen molar-refractivity contribution in [2.45, 2.75) is 25.8 Å². The molecule has 10 heteroatoms. The molecule has 6 rings (SSSR count). The number of rotatable bonds is 5. The largest absolute Gasteiger partial charge is 0.454 e. The predicted molar refractivity (Wildman–Crippen MR) is 141 cm³/mol. The number of nitriles is 1. The molecule has 1 amide bonds. The smallest absolute Gasteiger partial charge is 0.259 e. The van der Waals surface area contributed by atoms with Gasteiger partial charge >= 0.3 is 0 Å². The molecule has 0 spiro atoms. The van der Waals surface area contributed by atoms with Gasteiger partial charge in [-0.05, 0) is 50.1 Å². The maximum absolute atomic E-state index is 13.1. The van der Waals surface area contributed by atoms with Crippen molar-refractivity contribution in [3.8, 4) is 23.3 Å². The van der Waals surface area contributed by atoms with Gasteiger partial charge in [-0.3, -0.25) is 9.69 Å². The maximum atomic E-state index is 13.1. The fourth-order valence-electron chi connectivity index (χ4n) is 5.47. The predicted octanol–water partition coefficient (Wildman–Crippen LogP) is 3.33. The molecule has 4 heterocycles. The number of carbonyl (C=O) groups is 1. The molecule has 10 nitrogen and oxygen atoms in total. The van der Waals surface area contributed by atoms with Crippen molar-refractivity contribution >= 4 is 17.3 Å². The van der Waals surface area contributed by atoms with Gasteiger partial charge < -0.3 is 24.4 Å². The Kier molecular flexibility index (Phi) is 6.62. The van der Waals surface area contributed by atoms with E-state index < -0.39 is 0 Å². The van der Waals surface area contributed by atoms with E-state index in [0.717, 1.165) is 63.6 Å². The lowest BCUT2D eigenvalue weighted by molar-refractivity contribution is 0.0321. The molecule has 3 aliphatic rings. The number of aromatic nitrogens is 2. The Morgan fingerprint density at radius 3 is 2.63 bits per heavy atom. The SMILES string of the molecule is Cc1c(C(=O)Nc2ccc(N3CCN(C4CCOCC4)CC3)c(C#N)c2)cnn1-c1ccc2c(c1)OCO2. The average Bonchev–Trinajstić information content (AvgIpc) is 3.59. The summed E-state index contributed by atoms with van der Waals surface area (Å²) in [5, 5.41) is 17.2. The number of hydrogen-bond acceptors (Lipinski definition) is 8. The van der Waals surface area contributed by atoms with Crippen LogP contribution < -0.4 is 19.7 Å². The minimum absolute atomic E-state index is 0.195. The lowest BCUT2D eigenvalue weighted by atomic mass is 10.1. The van der Waals surface area contributed by atoms with Gasteiger partial charge in [0.1, 0.15) is 6.07 Å². The summed E-state index contributed by atoms with van der Waals surface area (Å²) in [7, 11) is 0. The number of nitrogens with zero attached hydrogens (tertiary/aromatic N) is 5. The lowest BCUT2D eigenvalue weighted by Crippen LogP contribution is -2.51. The Bertz CT molecular complexity index is 1380. The number of nitrogens with one attached hydrogen (secondary N) is 1. The summed E-state index contributed by atoms with van der Waals surface area (Å²) < 4.78 is 18.0. The van der Waals surface area contributed by atoms with E-state index in [9.17, 15) is 10.1 Å².